The van der Waals surface area contributed by atoms with Gasteiger partial charge in [0.1, 0.15) is 6.07 Å². The third kappa shape index (κ3) is 5.07. The van der Waals surface area contributed by atoms with E-state index in [0.717, 1.165) is 54.5 Å². The number of nitrogens with zero attached hydrogens (tertiary/aromatic N) is 2. The van der Waals surface area contributed by atoms with E-state index in [4.69, 9.17) is 0 Å². The van der Waals surface area contributed by atoms with E-state index >= 15 is 0 Å². The van der Waals surface area contributed by atoms with Gasteiger partial charge in [-0.2, -0.15) is 5.26 Å². The van der Waals surface area contributed by atoms with Crippen LogP contribution < -0.4 is 5.32 Å². The lowest BCUT2D eigenvalue weighted by molar-refractivity contribution is 0.303. The predicted octanol–water partition coefficient (Wildman–Crippen LogP) is 3.81. The van der Waals surface area contributed by atoms with Gasteiger partial charge in [0, 0.05) is 11.4 Å². The fraction of sp³-hybridized carbons (Fsp3) is 0.562. The van der Waals surface area contributed by atoms with Crippen LogP contribution in [0.1, 0.15) is 32.8 Å². The SMILES string of the molecule is CCSc1cccc(NCCCN(CC)CC)c1C#N. The normalized spacial score (nSPS) is 10.6. The summed E-state index contributed by atoms with van der Waals surface area (Å²) < 4.78 is 0. The fourth-order valence-corrected chi connectivity index (χ4v) is 2.92. The molecule has 0 aromatic heterocycles. The Kier molecular flexibility index (Phi) is 8.17. The van der Waals surface area contributed by atoms with Crippen LogP contribution >= 0.6 is 11.8 Å². The second kappa shape index (κ2) is 9.68. The minimum atomic E-state index is 0.780. The van der Waals surface area contributed by atoms with Crippen LogP contribution in [0.25, 0.3) is 0 Å². The lowest BCUT2D eigenvalue weighted by atomic mass is 10.2. The molecule has 0 fully saturated rings. The highest BCUT2D eigenvalue weighted by atomic mass is 32.2. The molecule has 0 spiro atoms. The zero-order valence-electron chi connectivity index (χ0n) is 12.8. The molecule has 0 atom stereocenters. The molecule has 1 N–H and O–H groups in total. The number of benzene rings is 1. The smallest absolute Gasteiger partial charge is 0.102 e. The van der Waals surface area contributed by atoms with Crippen molar-refractivity contribution in [3.05, 3.63) is 23.8 Å². The van der Waals surface area contributed by atoms with Gasteiger partial charge in [-0.1, -0.05) is 26.8 Å². The molecule has 4 heteroatoms. The first-order valence-electron chi connectivity index (χ1n) is 7.38. The van der Waals surface area contributed by atoms with Crippen molar-refractivity contribution in [2.75, 3.05) is 37.2 Å². The average Bonchev–Trinajstić information content (AvgIpc) is 2.48. The lowest BCUT2D eigenvalue weighted by Gasteiger charge is -2.18. The van der Waals surface area contributed by atoms with Crippen LogP contribution in [0.5, 0.6) is 0 Å². The van der Waals surface area contributed by atoms with Crippen LogP contribution in [-0.4, -0.2) is 36.8 Å². The summed E-state index contributed by atoms with van der Waals surface area (Å²) in [6.07, 6.45) is 1.09. The fourth-order valence-electron chi connectivity index (χ4n) is 2.14. The molecule has 0 heterocycles. The maximum Gasteiger partial charge on any atom is 0.102 e. The molecule has 0 aliphatic heterocycles. The third-order valence-electron chi connectivity index (χ3n) is 3.30. The molecular formula is C16H25N3S. The molecule has 0 aliphatic carbocycles. The monoisotopic (exact) mass is 291 g/mol. The Morgan fingerprint density at radius 3 is 2.60 bits per heavy atom. The van der Waals surface area contributed by atoms with Gasteiger partial charge in [0.05, 0.1) is 11.3 Å². The van der Waals surface area contributed by atoms with E-state index in [1.54, 1.807) is 11.8 Å². The molecule has 1 aromatic rings. The van der Waals surface area contributed by atoms with Crippen LogP contribution in [0, 0.1) is 11.3 Å². The summed E-state index contributed by atoms with van der Waals surface area (Å²) in [4.78, 5) is 3.49. The van der Waals surface area contributed by atoms with Crippen LogP contribution in [-0.2, 0) is 0 Å². The number of nitrogens with one attached hydrogen (secondary N) is 1. The molecule has 0 aliphatic rings. The minimum absolute atomic E-state index is 0.780. The molecule has 1 rings (SSSR count). The topological polar surface area (TPSA) is 39.1 Å². The molecule has 0 amide bonds. The van der Waals surface area contributed by atoms with E-state index in [0.29, 0.717) is 0 Å². The Labute approximate surface area is 127 Å². The van der Waals surface area contributed by atoms with Crippen molar-refractivity contribution in [2.24, 2.45) is 0 Å². The molecule has 1 aromatic carbocycles. The second-order valence-corrected chi connectivity index (χ2v) is 5.84. The Morgan fingerprint density at radius 1 is 1.25 bits per heavy atom. The number of thioether (sulfide) groups is 1. The van der Waals surface area contributed by atoms with Gasteiger partial charge in [-0.05, 0) is 43.9 Å². The minimum Gasteiger partial charge on any atom is -0.384 e. The zero-order chi connectivity index (χ0) is 14.8. The first-order chi connectivity index (χ1) is 9.76. The summed E-state index contributed by atoms with van der Waals surface area (Å²) in [5.41, 5.74) is 1.74. The summed E-state index contributed by atoms with van der Waals surface area (Å²) in [5, 5.41) is 12.7. The zero-order valence-corrected chi connectivity index (χ0v) is 13.6. The highest BCUT2D eigenvalue weighted by molar-refractivity contribution is 7.99. The van der Waals surface area contributed by atoms with Gasteiger partial charge in [-0.3, -0.25) is 0 Å². The van der Waals surface area contributed by atoms with Gasteiger partial charge in [0.15, 0.2) is 0 Å². The summed E-state index contributed by atoms with van der Waals surface area (Å²) >= 11 is 1.72. The molecule has 0 radical (unpaired) electrons. The average molecular weight is 291 g/mol. The van der Waals surface area contributed by atoms with E-state index in [2.05, 4.69) is 37.1 Å². The van der Waals surface area contributed by atoms with Crippen LogP contribution in [0.2, 0.25) is 0 Å². The number of anilines is 1. The number of nitriles is 1. The molecule has 3 nitrogen and oxygen atoms in total. The summed E-state index contributed by atoms with van der Waals surface area (Å²) in [6, 6.07) is 8.36. The second-order valence-electron chi connectivity index (χ2n) is 4.53. The summed E-state index contributed by atoms with van der Waals surface area (Å²) in [7, 11) is 0. The Morgan fingerprint density at radius 2 is 2.00 bits per heavy atom. The number of hydrogen-bond donors (Lipinski definition) is 1. The largest absolute Gasteiger partial charge is 0.384 e. The van der Waals surface area contributed by atoms with E-state index < -0.39 is 0 Å². The maximum atomic E-state index is 9.34. The van der Waals surface area contributed by atoms with E-state index in [1.807, 2.05) is 18.2 Å². The van der Waals surface area contributed by atoms with Gasteiger partial charge < -0.3 is 10.2 Å². The highest BCUT2D eigenvalue weighted by Gasteiger charge is 2.07. The third-order valence-corrected chi connectivity index (χ3v) is 4.24. The molecule has 0 bridgehead atoms. The lowest BCUT2D eigenvalue weighted by Crippen LogP contribution is -2.25. The molecular weight excluding hydrogens is 266 g/mol. The summed E-state index contributed by atoms with van der Waals surface area (Å²) in [6.45, 7) is 10.7. The van der Waals surface area contributed by atoms with E-state index in [-0.39, 0.29) is 0 Å². The molecule has 0 saturated carbocycles. The Balaban J connectivity index is 2.56. The standard InChI is InChI=1S/C16H25N3S/c1-4-19(5-2)12-8-11-18-15-9-7-10-16(20-6-3)14(15)13-17/h7,9-10,18H,4-6,8,11-12H2,1-3H3. The predicted molar refractivity (Wildman–Crippen MR) is 88.4 cm³/mol. The number of hydrogen-bond acceptors (Lipinski definition) is 4. The van der Waals surface area contributed by atoms with E-state index in [1.165, 1.54) is 0 Å². The highest BCUT2D eigenvalue weighted by Crippen LogP contribution is 2.27. The van der Waals surface area contributed by atoms with Crippen molar-refractivity contribution in [1.29, 1.82) is 5.26 Å². The van der Waals surface area contributed by atoms with Gasteiger partial charge in [-0.15, -0.1) is 11.8 Å². The van der Waals surface area contributed by atoms with Gasteiger partial charge >= 0.3 is 0 Å². The first-order valence-corrected chi connectivity index (χ1v) is 8.37. The number of rotatable bonds is 9. The quantitative estimate of drug-likeness (QED) is 0.554. The molecule has 0 saturated heterocycles. The Hall–Kier alpha value is -1.18. The van der Waals surface area contributed by atoms with Crippen molar-refractivity contribution in [2.45, 2.75) is 32.1 Å². The molecule has 20 heavy (non-hydrogen) atoms. The van der Waals surface area contributed by atoms with Crippen LogP contribution in [0.4, 0.5) is 5.69 Å². The van der Waals surface area contributed by atoms with Crippen molar-refractivity contribution in [3.63, 3.8) is 0 Å². The van der Waals surface area contributed by atoms with Gasteiger partial charge in [0.25, 0.3) is 0 Å². The van der Waals surface area contributed by atoms with Crippen molar-refractivity contribution >= 4 is 17.4 Å². The van der Waals surface area contributed by atoms with Crippen molar-refractivity contribution in [3.8, 4) is 6.07 Å². The van der Waals surface area contributed by atoms with E-state index in [9.17, 15) is 5.26 Å². The van der Waals surface area contributed by atoms with Gasteiger partial charge in [-0.25, -0.2) is 0 Å². The molecule has 0 unspecified atom stereocenters. The Bertz CT molecular complexity index is 436. The first kappa shape index (κ1) is 16.9. The van der Waals surface area contributed by atoms with Crippen LogP contribution in [0.3, 0.4) is 0 Å². The van der Waals surface area contributed by atoms with Crippen LogP contribution in [0.15, 0.2) is 23.1 Å². The summed E-state index contributed by atoms with van der Waals surface area (Å²) in [5.74, 6) is 0.986. The van der Waals surface area contributed by atoms with Gasteiger partial charge in [0.2, 0.25) is 0 Å². The van der Waals surface area contributed by atoms with Crippen molar-refractivity contribution in [1.82, 2.24) is 4.90 Å². The maximum absolute atomic E-state index is 9.34. The van der Waals surface area contributed by atoms with Crippen molar-refractivity contribution < 1.29 is 0 Å². The molecule has 110 valence electrons.